The lowest BCUT2D eigenvalue weighted by atomic mass is 9.70. The first-order chi connectivity index (χ1) is 13.9. The molecule has 154 valence electrons. The Morgan fingerprint density at radius 2 is 1.79 bits per heavy atom. The first kappa shape index (κ1) is 20.0. The van der Waals surface area contributed by atoms with E-state index < -0.39 is 5.60 Å². The van der Waals surface area contributed by atoms with Gasteiger partial charge in [0.15, 0.2) is 5.78 Å². The van der Waals surface area contributed by atoms with Crippen LogP contribution in [0.2, 0.25) is 0 Å². The molecule has 2 aromatic carbocycles. The zero-order valence-corrected chi connectivity index (χ0v) is 16.9. The molecule has 2 bridgehead atoms. The van der Waals surface area contributed by atoms with Gasteiger partial charge in [0.05, 0.1) is 26.7 Å². The van der Waals surface area contributed by atoms with Crippen LogP contribution in [0.1, 0.15) is 41.6 Å². The van der Waals surface area contributed by atoms with Gasteiger partial charge in [0.1, 0.15) is 23.7 Å². The highest BCUT2D eigenvalue weighted by atomic mass is 19.1. The van der Waals surface area contributed by atoms with Crippen LogP contribution in [0.25, 0.3) is 0 Å². The molecule has 0 spiro atoms. The molecule has 3 fully saturated rings. The number of carbonyl (C=O) groups is 1. The third-order valence-corrected chi connectivity index (χ3v) is 6.95. The van der Waals surface area contributed by atoms with E-state index in [9.17, 15) is 14.3 Å². The van der Waals surface area contributed by atoms with Gasteiger partial charge < -0.3 is 14.3 Å². The lowest BCUT2D eigenvalue weighted by Crippen LogP contribution is -2.67. The summed E-state index contributed by atoms with van der Waals surface area (Å²) in [6.07, 6.45) is 3.25. The van der Waals surface area contributed by atoms with E-state index in [2.05, 4.69) is 0 Å². The van der Waals surface area contributed by atoms with Gasteiger partial charge in [-0.25, -0.2) is 4.39 Å². The molecule has 0 amide bonds. The Kier molecular flexibility index (Phi) is 5.45. The Bertz CT molecular complexity index is 857. The third-order valence-electron chi connectivity index (χ3n) is 6.95. The van der Waals surface area contributed by atoms with Crippen LogP contribution in [0, 0.1) is 11.7 Å². The summed E-state index contributed by atoms with van der Waals surface area (Å²) in [6, 6.07) is 13.6. The number of ketones is 1. The van der Waals surface area contributed by atoms with Crippen molar-refractivity contribution >= 4 is 5.78 Å². The van der Waals surface area contributed by atoms with Crippen molar-refractivity contribution in [1.29, 1.82) is 0 Å². The van der Waals surface area contributed by atoms with Crippen LogP contribution in [0.15, 0.2) is 48.5 Å². The minimum atomic E-state index is -0.899. The number of carbonyl (C=O) groups excluding carboxylic acids is 1. The van der Waals surface area contributed by atoms with Crippen molar-refractivity contribution < 1.29 is 23.5 Å². The maximum atomic E-state index is 13.3. The third kappa shape index (κ3) is 3.94. The molecule has 0 aromatic heterocycles. The number of hydrogen-bond donors (Lipinski definition) is 1. The number of fused-ring (bicyclic) bond motifs is 3. The van der Waals surface area contributed by atoms with Gasteiger partial charge in [-0.3, -0.25) is 4.79 Å². The fourth-order valence-corrected chi connectivity index (χ4v) is 5.26. The Balaban J connectivity index is 1.40. The van der Waals surface area contributed by atoms with Gasteiger partial charge in [-0.2, -0.15) is 0 Å². The standard InChI is InChI=1S/C24H29FNO3/c1-29-22-10-4-18(5-11-22)23(27)3-2-14-26-15-12-20(13-16-26)24(28,17-26)19-6-8-21(25)9-7-19/h4-11,20,28H,2-3,12-17H2,1H3/q+1. The summed E-state index contributed by atoms with van der Waals surface area (Å²) in [5.74, 6) is 0.844. The average Bonchev–Trinajstić information content (AvgIpc) is 2.74. The zero-order chi connectivity index (χ0) is 20.5. The van der Waals surface area contributed by atoms with Crippen LogP contribution in [0.3, 0.4) is 0 Å². The molecule has 3 saturated heterocycles. The number of methoxy groups -OCH3 is 1. The number of hydrogen-bond acceptors (Lipinski definition) is 3. The van der Waals surface area contributed by atoms with Crippen molar-refractivity contribution in [3.05, 3.63) is 65.5 Å². The number of quaternary nitrogens is 1. The molecule has 0 radical (unpaired) electrons. The molecule has 1 atom stereocenters. The Labute approximate surface area is 171 Å². The second-order valence-electron chi connectivity index (χ2n) is 8.63. The van der Waals surface area contributed by atoms with Crippen LogP contribution < -0.4 is 4.74 Å². The summed E-state index contributed by atoms with van der Waals surface area (Å²) in [7, 11) is 1.61. The van der Waals surface area contributed by atoms with Gasteiger partial charge in [0.25, 0.3) is 0 Å². The van der Waals surface area contributed by atoms with Crippen LogP contribution in [-0.2, 0) is 5.60 Å². The number of benzene rings is 2. The van der Waals surface area contributed by atoms with E-state index in [4.69, 9.17) is 4.74 Å². The quantitative estimate of drug-likeness (QED) is 0.568. The van der Waals surface area contributed by atoms with Gasteiger partial charge >= 0.3 is 0 Å². The smallest absolute Gasteiger partial charge is 0.163 e. The number of aliphatic hydroxyl groups is 1. The number of piperidine rings is 3. The summed E-state index contributed by atoms with van der Waals surface area (Å²) in [6.45, 7) is 3.63. The second kappa shape index (κ2) is 7.88. The van der Waals surface area contributed by atoms with Gasteiger partial charge in [-0.05, 0) is 42.0 Å². The van der Waals surface area contributed by atoms with E-state index in [0.29, 0.717) is 18.5 Å². The van der Waals surface area contributed by atoms with Crippen LogP contribution in [0.4, 0.5) is 4.39 Å². The minimum Gasteiger partial charge on any atom is -0.497 e. The van der Waals surface area contributed by atoms with Crippen molar-refractivity contribution in [1.82, 2.24) is 0 Å². The van der Waals surface area contributed by atoms with Crippen LogP contribution in [-0.4, -0.2) is 48.7 Å². The summed E-state index contributed by atoms with van der Waals surface area (Å²) >= 11 is 0. The second-order valence-corrected chi connectivity index (χ2v) is 8.63. The SMILES string of the molecule is COc1ccc(C(=O)CCC[N+]23CCC(CC2)C(O)(c2ccc(F)cc2)C3)cc1. The van der Waals surface area contributed by atoms with E-state index in [1.54, 1.807) is 19.2 Å². The minimum absolute atomic E-state index is 0.145. The molecule has 1 N–H and O–H groups in total. The Hall–Kier alpha value is -2.24. The average molecular weight is 398 g/mol. The summed E-state index contributed by atoms with van der Waals surface area (Å²) in [4.78, 5) is 12.5. The normalized spacial score (nSPS) is 28.3. The molecular weight excluding hydrogens is 369 g/mol. The predicted octanol–water partition coefficient (Wildman–Crippen LogP) is 3.93. The van der Waals surface area contributed by atoms with Gasteiger partial charge in [-0.1, -0.05) is 12.1 Å². The van der Waals surface area contributed by atoms with Crippen molar-refractivity contribution in [3.63, 3.8) is 0 Å². The van der Waals surface area contributed by atoms with E-state index in [1.807, 2.05) is 24.3 Å². The van der Waals surface area contributed by atoms with Crippen molar-refractivity contribution in [2.75, 3.05) is 33.3 Å². The summed E-state index contributed by atoms with van der Waals surface area (Å²) in [5, 5.41) is 11.5. The molecule has 1 unspecified atom stereocenters. The number of Topliss-reactive ketones (excluding diaryl/α,β-unsaturated/α-hetero) is 1. The highest BCUT2D eigenvalue weighted by molar-refractivity contribution is 5.96. The Morgan fingerprint density at radius 3 is 2.41 bits per heavy atom. The molecule has 29 heavy (non-hydrogen) atoms. The van der Waals surface area contributed by atoms with E-state index in [-0.39, 0.29) is 17.5 Å². The Morgan fingerprint density at radius 1 is 1.14 bits per heavy atom. The fraction of sp³-hybridized carbons (Fsp3) is 0.458. The molecule has 2 aromatic rings. The van der Waals surface area contributed by atoms with Crippen molar-refractivity contribution in [2.45, 2.75) is 31.3 Å². The number of rotatable bonds is 7. The lowest BCUT2D eigenvalue weighted by molar-refractivity contribution is -0.952. The fourth-order valence-electron chi connectivity index (χ4n) is 5.26. The molecular formula is C24H29FNO3+. The van der Waals surface area contributed by atoms with Gasteiger partial charge in [0.2, 0.25) is 0 Å². The molecule has 0 saturated carbocycles. The molecule has 4 nitrogen and oxygen atoms in total. The van der Waals surface area contributed by atoms with E-state index in [0.717, 1.165) is 54.7 Å². The van der Waals surface area contributed by atoms with Crippen LogP contribution >= 0.6 is 0 Å². The molecule has 3 aliphatic rings. The number of ether oxygens (including phenoxy) is 1. The predicted molar refractivity (Wildman–Crippen MR) is 109 cm³/mol. The number of halogens is 1. The number of nitrogens with zero attached hydrogens (tertiary/aromatic N) is 1. The maximum absolute atomic E-state index is 13.3. The van der Waals surface area contributed by atoms with E-state index >= 15 is 0 Å². The summed E-state index contributed by atoms with van der Waals surface area (Å²) in [5.41, 5.74) is 0.635. The first-order valence-corrected chi connectivity index (χ1v) is 10.4. The molecule has 5 heteroatoms. The van der Waals surface area contributed by atoms with Crippen molar-refractivity contribution in [3.8, 4) is 5.75 Å². The molecule has 3 aliphatic heterocycles. The van der Waals surface area contributed by atoms with Crippen molar-refractivity contribution in [2.24, 2.45) is 5.92 Å². The van der Waals surface area contributed by atoms with Crippen LogP contribution in [0.5, 0.6) is 5.75 Å². The first-order valence-electron chi connectivity index (χ1n) is 10.4. The molecule has 0 aliphatic carbocycles. The zero-order valence-electron chi connectivity index (χ0n) is 16.9. The van der Waals surface area contributed by atoms with Gasteiger partial charge in [0, 0.05) is 37.2 Å². The highest BCUT2D eigenvalue weighted by Gasteiger charge is 2.54. The molecule has 5 rings (SSSR count). The lowest BCUT2D eigenvalue weighted by Gasteiger charge is -2.56. The summed E-state index contributed by atoms with van der Waals surface area (Å²) < 4.78 is 19.3. The maximum Gasteiger partial charge on any atom is 0.163 e. The highest BCUT2D eigenvalue weighted by Crippen LogP contribution is 2.46. The van der Waals surface area contributed by atoms with E-state index in [1.165, 1.54) is 12.1 Å². The molecule has 3 heterocycles. The monoisotopic (exact) mass is 398 g/mol. The topological polar surface area (TPSA) is 46.5 Å². The van der Waals surface area contributed by atoms with Gasteiger partial charge in [-0.15, -0.1) is 0 Å². The largest absolute Gasteiger partial charge is 0.497 e.